The standard InChI is InChI=1S/C26H32N8O10S2/c1-26(2)21(23(36)34(26)44-46(39,40)41)30-22(35)20(18-14-45-25(28)29-18)31-42-13-19(24(37)38)43-17-7-5-15(6-8-17)16-11-32(3)33(12-16)10-4-9-27/h5-8,11-12,14,19,21H,4,9-10,13,27H2,1-3H3,(H4-,28,29,30,35,37,38,39,40,41)/p+1/b31-20-/t19?,21-/m1/s1. The van der Waals surface area contributed by atoms with Crippen molar-refractivity contribution in [2.45, 2.75) is 44.5 Å². The summed E-state index contributed by atoms with van der Waals surface area (Å²) in [5, 5.41) is 17.7. The Morgan fingerprint density at radius 1 is 1.26 bits per heavy atom. The molecular weight excluding hydrogens is 648 g/mol. The molecule has 18 nitrogen and oxygen atoms in total. The monoisotopic (exact) mass is 681 g/mol. The number of anilines is 1. The third-order valence-corrected chi connectivity index (χ3v) is 7.85. The molecule has 248 valence electrons. The Kier molecular flexibility index (Phi) is 10.3. The molecule has 3 aromatic rings. The number of hydrogen-bond donors (Lipinski definition) is 5. The first-order chi connectivity index (χ1) is 21.6. The van der Waals surface area contributed by atoms with Gasteiger partial charge in [-0.15, -0.1) is 20.3 Å². The lowest BCUT2D eigenvalue weighted by Gasteiger charge is -2.50. The number of nitrogen functional groups attached to an aromatic ring is 1. The number of ether oxygens (including phenoxy) is 1. The van der Waals surface area contributed by atoms with Crippen LogP contribution >= 0.6 is 11.3 Å². The Morgan fingerprint density at radius 2 is 1.96 bits per heavy atom. The minimum absolute atomic E-state index is 0.0377. The van der Waals surface area contributed by atoms with Crippen molar-refractivity contribution in [3.8, 4) is 16.9 Å². The van der Waals surface area contributed by atoms with E-state index in [4.69, 9.17) is 25.6 Å². The van der Waals surface area contributed by atoms with Gasteiger partial charge in [0.05, 0.1) is 23.8 Å². The van der Waals surface area contributed by atoms with Crippen molar-refractivity contribution in [2.24, 2.45) is 17.9 Å². The average molecular weight is 682 g/mol. The third kappa shape index (κ3) is 7.95. The molecule has 2 aromatic heterocycles. The molecule has 1 aliphatic heterocycles. The Labute approximate surface area is 267 Å². The first kappa shape index (κ1) is 34.2. The van der Waals surface area contributed by atoms with Gasteiger partial charge in [-0.3, -0.25) is 14.1 Å². The molecule has 0 bridgehead atoms. The number of carboxylic acids is 1. The molecule has 0 saturated carbocycles. The van der Waals surface area contributed by atoms with Gasteiger partial charge in [-0.25, -0.2) is 9.78 Å². The smallest absolute Gasteiger partial charge is 0.418 e. The number of aliphatic carboxylic acids is 1. The van der Waals surface area contributed by atoms with Crippen LogP contribution in [0.15, 0.2) is 47.2 Å². The van der Waals surface area contributed by atoms with Gasteiger partial charge in [0.15, 0.2) is 24.5 Å². The molecule has 46 heavy (non-hydrogen) atoms. The largest absolute Gasteiger partial charge is 0.478 e. The lowest BCUT2D eigenvalue weighted by atomic mass is 9.84. The van der Waals surface area contributed by atoms with Crippen LogP contribution in [0, 0.1) is 0 Å². The van der Waals surface area contributed by atoms with Crippen LogP contribution in [0.2, 0.25) is 0 Å². The van der Waals surface area contributed by atoms with Crippen LogP contribution in [-0.2, 0) is 47.5 Å². The van der Waals surface area contributed by atoms with Crippen LogP contribution in [0.3, 0.4) is 0 Å². The summed E-state index contributed by atoms with van der Waals surface area (Å²) in [5.74, 6) is -3.08. The minimum atomic E-state index is -5.00. The van der Waals surface area contributed by atoms with Gasteiger partial charge in [-0.1, -0.05) is 17.3 Å². The van der Waals surface area contributed by atoms with E-state index >= 15 is 0 Å². The lowest BCUT2D eigenvalue weighted by molar-refractivity contribution is -0.753. The SMILES string of the molecule is C[n+]1cc(-c2ccc(OC(CO/N=C(\C(=O)N[C@@H]3C(=O)N(OS(=O)(=O)O)C3(C)C)c3csc(N)n3)C(=O)O)cc2)cn1CCCN. The maximum absolute atomic E-state index is 13.2. The number of rotatable bonds is 15. The summed E-state index contributed by atoms with van der Waals surface area (Å²) in [6.07, 6.45) is 3.22. The number of thiazole rings is 1. The second-order valence-corrected chi connectivity index (χ2v) is 12.5. The molecule has 20 heteroatoms. The Morgan fingerprint density at radius 3 is 2.52 bits per heavy atom. The van der Waals surface area contributed by atoms with E-state index in [2.05, 4.69) is 19.7 Å². The molecule has 4 rings (SSSR count). The maximum atomic E-state index is 13.2. The van der Waals surface area contributed by atoms with Gasteiger partial charge >= 0.3 is 16.4 Å². The first-order valence-electron chi connectivity index (χ1n) is 13.6. The van der Waals surface area contributed by atoms with Crippen LogP contribution in [0.4, 0.5) is 5.13 Å². The second-order valence-electron chi connectivity index (χ2n) is 10.6. The minimum Gasteiger partial charge on any atom is -0.478 e. The average Bonchev–Trinajstić information content (AvgIpc) is 3.59. The van der Waals surface area contributed by atoms with Crippen LogP contribution in [0.5, 0.6) is 5.75 Å². The molecule has 0 radical (unpaired) electrons. The number of nitrogens with two attached hydrogens (primary N) is 2. The fourth-order valence-electron chi connectivity index (χ4n) is 4.42. The summed E-state index contributed by atoms with van der Waals surface area (Å²) in [4.78, 5) is 46.8. The number of amides is 2. The van der Waals surface area contributed by atoms with Crippen molar-refractivity contribution < 1.29 is 51.0 Å². The fourth-order valence-corrected chi connectivity index (χ4v) is 5.42. The predicted molar refractivity (Wildman–Crippen MR) is 161 cm³/mol. The van der Waals surface area contributed by atoms with E-state index < -0.39 is 58.2 Å². The highest BCUT2D eigenvalue weighted by atomic mass is 32.3. The second kappa shape index (κ2) is 13.8. The quantitative estimate of drug-likeness (QED) is 0.0445. The van der Waals surface area contributed by atoms with Crippen molar-refractivity contribution in [2.75, 3.05) is 18.9 Å². The summed E-state index contributed by atoms with van der Waals surface area (Å²) in [6, 6.07) is 5.46. The maximum Gasteiger partial charge on any atom is 0.418 e. The van der Waals surface area contributed by atoms with E-state index in [1.165, 1.54) is 19.2 Å². The van der Waals surface area contributed by atoms with Gasteiger partial charge in [0.2, 0.25) is 12.3 Å². The van der Waals surface area contributed by atoms with E-state index in [9.17, 15) is 27.9 Å². The number of nitrogens with zero attached hydrogens (tertiary/aromatic N) is 5. The molecule has 3 heterocycles. The number of carbonyl (C=O) groups excluding carboxylic acids is 2. The van der Waals surface area contributed by atoms with Gasteiger partial charge in [-0.05, 0) is 44.5 Å². The van der Waals surface area contributed by atoms with Gasteiger partial charge < -0.3 is 31.5 Å². The molecule has 0 aliphatic carbocycles. The van der Waals surface area contributed by atoms with Crippen LogP contribution in [0.1, 0.15) is 26.0 Å². The van der Waals surface area contributed by atoms with Gasteiger partial charge in [0.25, 0.3) is 11.8 Å². The molecule has 2 amide bonds. The van der Waals surface area contributed by atoms with E-state index in [0.29, 0.717) is 11.6 Å². The number of aromatic nitrogens is 3. The highest BCUT2D eigenvalue weighted by molar-refractivity contribution is 7.80. The number of nitrogens with one attached hydrogen (secondary N) is 1. The number of β-lactam (4-membered cyclic amide) rings is 1. The highest BCUT2D eigenvalue weighted by Gasteiger charge is 2.58. The number of benzene rings is 1. The van der Waals surface area contributed by atoms with E-state index in [1.54, 1.807) is 24.3 Å². The fraction of sp³-hybridized carbons (Fsp3) is 0.385. The van der Waals surface area contributed by atoms with Crippen molar-refractivity contribution in [1.82, 2.24) is 20.0 Å². The number of carbonyl (C=O) groups is 3. The van der Waals surface area contributed by atoms with Crippen LogP contribution in [0.25, 0.3) is 11.1 Å². The summed E-state index contributed by atoms with van der Waals surface area (Å²) >= 11 is 0.981. The van der Waals surface area contributed by atoms with Crippen molar-refractivity contribution >= 4 is 50.4 Å². The normalized spacial score (nSPS) is 16.9. The molecule has 2 atom stereocenters. The van der Waals surface area contributed by atoms with Crippen molar-refractivity contribution in [1.29, 1.82) is 0 Å². The molecular formula is C26H33N8O10S2+. The molecule has 0 spiro atoms. The number of hydrogen-bond acceptors (Lipinski definition) is 13. The van der Waals surface area contributed by atoms with Crippen molar-refractivity contribution in [3.05, 3.63) is 47.7 Å². The molecule has 1 fully saturated rings. The summed E-state index contributed by atoms with van der Waals surface area (Å²) < 4.78 is 44.9. The van der Waals surface area contributed by atoms with Crippen LogP contribution in [-0.4, -0.2) is 87.1 Å². The van der Waals surface area contributed by atoms with Gasteiger partial charge in [0, 0.05) is 5.38 Å². The third-order valence-electron chi connectivity index (χ3n) is 6.83. The Hall–Kier alpha value is -4.63. The lowest BCUT2D eigenvalue weighted by Crippen LogP contribution is -2.76. The molecule has 1 aliphatic rings. The molecule has 1 saturated heterocycles. The van der Waals surface area contributed by atoms with Crippen molar-refractivity contribution in [3.63, 3.8) is 0 Å². The van der Waals surface area contributed by atoms with E-state index in [-0.39, 0.29) is 16.6 Å². The van der Waals surface area contributed by atoms with Gasteiger partial charge in [-0.2, -0.15) is 18.2 Å². The summed E-state index contributed by atoms with van der Waals surface area (Å²) in [7, 11) is -3.09. The van der Waals surface area contributed by atoms with Gasteiger partial charge in [0.1, 0.15) is 17.5 Å². The van der Waals surface area contributed by atoms with Crippen LogP contribution < -0.4 is 26.2 Å². The zero-order valence-corrected chi connectivity index (χ0v) is 26.5. The predicted octanol–water partition coefficient (Wildman–Crippen LogP) is -0.540. The zero-order chi connectivity index (χ0) is 33.8. The Balaban J connectivity index is 1.44. The van der Waals surface area contributed by atoms with E-state index in [0.717, 1.165) is 35.4 Å². The summed E-state index contributed by atoms with van der Waals surface area (Å²) in [6.45, 7) is 3.46. The number of aryl methyl sites for hydroxylation is 2. The highest BCUT2D eigenvalue weighted by Crippen LogP contribution is 2.33. The molecule has 1 aromatic carbocycles. The first-order valence-corrected chi connectivity index (χ1v) is 15.8. The number of oxime groups is 1. The number of hydroxylamine groups is 2. The Bertz CT molecular complexity index is 1740. The topological polar surface area (TPSA) is 255 Å². The van der Waals surface area contributed by atoms with E-state index in [1.807, 2.05) is 28.8 Å². The zero-order valence-electron chi connectivity index (χ0n) is 24.9. The molecule has 7 N–H and O–H groups in total. The number of carboxylic acid groups (broad SMARTS) is 1. The molecule has 1 unspecified atom stereocenters. The summed E-state index contributed by atoms with van der Waals surface area (Å²) in [5.41, 5.74) is 11.2.